The van der Waals surface area contributed by atoms with Gasteiger partial charge in [0.1, 0.15) is 0 Å². The predicted octanol–water partition coefficient (Wildman–Crippen LogP) is 0.0280. The maximum Gasteiger partial charge on any atom is 0.250 e. The van der Waals surface area contributed by atoms with Gasteiger partial charge >= 0.3 is 0 Å². The molecular formula is C8H13N3O. The normalized spacial score (nSPS) is 14.7. The van der Waals surface area contributed by atoms with Crippen molar-refractivity contribution >= 4 is 11.9 Å². The summed E-state index contributed by atoms with van der Waals surface area (Å²) in [5.41, 5.74) is 0.978. The topological polar surface area (TPSA) is 53.5 Å². The molecule has 1 heterocycles. The van der Waals surface area contributed by atoms with Crippen LogP contribution in [0.2, 0.25) is 0 Å². The Bertz CT molecular complexity index is 239. The van der Waals surface area contributed by atoms with Gasteiger partial charge in [-0.05, 0) is 13.8 Å². The number of carbonyl (C=O) groups excluding carboxylic acids is 1. The molecule has 0 saturated carbocycles. The van der Waals surface area contributed by atoms with Crippen LogP contribution in [-0.2, 0) is 4.79 Å². The summed E-state index contributed by atoms with van der Waals surface area (Å²) in [5, 5.41) is 5.58. The molecule has 12 heavy (non-hydrogen) atoms. The third kappa shape index (κ3) is 2.74. The van der Waals surface area contributed by atoms with Crippen molar-refractivity contribution in [2.75, 3.05) is 13.1 Å². The van der Waals surface area contributed by atoms with Crippen molar-refractivity contribution in [2.45, 2.75) is 13.8 Å². The molecule has 0 unspecified atom stereocenters. The number of hydrogen-bond acceptors (Lipinski definition) is 3. The number of rotatable bonds is 1. The molecule has 1 rings (SSSR count). The van der Waals surface area contributed by atoms with Crippen molar-refractivity contribution < 1.29 is 4.79 Å². The lowest BCUT2D eigenvalue weighted by atomic mass is 10.3. The van der Waals surface area contributed by atoms with E-state index in [9.17, 15) is 4.79 Å². The van der Waals surface area contributed by atoms with E-state index in [1.165, 1.54) is 0 Å². The molecule has 0 aromatic carbocycles. The second kappa shape index (κ2) is 3.90. The van der Waals surface area contributed by atoms with Gasteiger partial charge in [-0.15, -0.1) is 0 Å². The van der Waals surface area contributed by atoms with Gasteiger partial charge in [0.05, 0.1) is 6.54 Å². The van der Waals surface area contributed by atoms with Gasteiger partial charge in [-0.2, -0.15) is 0 Å². The molecule has 2 N–H and O–H groups in total. The van der Waals surface area contributed by atoms with E-state index in [0.29, 0.717) is 5.96 Å². The summed E-state index contributed by atoms with van der Waals surface area (Å²) in [5.74, 6) is 0.459. The highest BCUT2D eigenvalue weighted by molar-refractivity contribution is 6.02. The van der Waals surface area contributed by atoms with Crippen molar-refractivity contribution in [3.8, 4) is 0 Å². The average Bonchev–Trinajstić information content (AvgIpc) is 2.37. The number of carbonyl (C=O) groups is 1. The van der Waals surface area contributed by atoms with Crippen LogP contribution in [0.25, 0.3) is 0 Å². The fourth-order valence-electron chi connectivity index (χ4n) is 0.897. The zero-order chi connectivity index (χ0) is 8.97. The Morgan fingerprint density at radius 2 is 2.42 bits per heavy atom. The minimum absolute atomic E-state index is 0.122. The summed E-state index contributed by atoms with van der Waals surface area (Å²) < 4.78 is 0. The lowest BCUT2D eigenvalue weighted by Crippen LogP contribution is -2.37. The first kappa shape index (κ1) is 8.77. The summed E-state index contributed by atoms with van der Waals surface area (Å²) in [6.45, 7) is 5.31. The quantitative estimate of drug-likeness (QED) is 0.541. The molecule has 0 aromatic rings. The van der Waals surface area contributed by atoms with E-state index in [1.807, 2.05) is 13.8 Å². The molecule has 0 bridgehead atoms. The Morgan fingerprint density at radius 3 is 2.92 bits per heavy atom. The summed E-state index contributed by atoms with van der Waals surface area (Å²) in [6.07, 6.45) is 1.54. The van der Waals surface area contributed by atoms with Gasteiger partial charge in [-0.3, -0.25) is 15.1 Å². The third-order valence-corrected chi connectivity index (χ3v) is 1.34. The van der Waals surface area contributed by atoms with Crippen molar-refractivity contribution in [2.24, 2.45) is 4.99 Å². The van der Waals surface area contributed by atoms with Crippen LogP contribution in [0.15, 0.2) is 16.6 Å². The van der Waals surface area contributed by atoms with E-state index >= 15 is 0 Å². The van der Waals surface area contributed by atoms with Crippen LogP contribution in [0.3, 0.4) is 0 Å². The van der Waals surface area contributed by atoms with Gasteiger partial charge in [0.25, 0.3) is 5.91 Å². The number of amides is 1. The van der Waals surface area contributed by atoms with E-state index in [4.69, 9.17) is 0 Å². The summed E-state index contributed by atoms with van der Waals surface area (Å²) in [4.78, 5) is 15.1. The molecule has 0 aromatic heterocycles. The highest BCUT2D eigenvalue weighted by Gasteiger charge is 2.06. The lowest BCUT2D eigenvalue weighted by molar-refractivity contribution is -0.115. The number of nitrogens with one attached hydrogen (secondary N) is 2. The number of nitrogens with zero attached hydrogens (tertiary/aromatic N) is 1. The molecule has 4 nitrogen and oxygen atoms in total. The molecule has 1 aliphatic heterocycles. The van der Waals surface area contributed by atoms with Crippen LogP contribution < -0.4 is 10.6 Å². The van der Waals surface area contributed by atoms with Crippen LogP contribution in [0, 0.1) is 0 Å². The molecule has 0 atom stereocenters. The average molecular weight is 167 g/mol. The van der Waals surface area contributed by atoms with Gasteiger partial charge in [-0.25, -0.2) is 0 Å². The number of allylic oxidation sites excluding steroid dienone is 1. The first-order valence-corrected chi connectivity index (χ1v) is 3.92. The molecular weight excluding hydrogens is 154 g/mol. The van der Waals surface area contributed by atoms with E-state index < -0.39 is 0 Å². The van der Waals surface area contributed by atoms with E-state index in [2.05, 4.69) is 15.6 Å². The SMILES string of the molecule is CC(C)=CC(=O)NC1=NCCN1. The summed E-state index contributed by atoms with van der Waals surface area (Å²) in [6, 6.07) is 0. The molecule has 0 spiro atoms. The van der Waals surface area contributed by atoms with Crippen molar-refractivity contribution in [3.05, 3.63) is 11.6 Å². The maximum absolute atomic E-state index is 11.1. The minimum atomic E-state index is -0.122. The Morgan fingerprint density at radius 1 is 1.67 bits per heavy atom. The standard InChI is InChI=1S/C8H13N3O/c1-6(2)5-7(12)11-8-9-3-4-10-8/h5H,3-4H2,1-2H3,(H2,9,10,11,12). The third-order valence-electron chi connectivity index (χ3n) is 1.34. The molecule has 0 fully saturated rings. The van der Waals surface area contributed by atoms with Crippen molar-refractivity contribution in [1.29, 1.82) is 0 Å². The monoisotopic (exact) mass is 167 g/mol. The van der Waals surface area contributed by atoms with E-state index in [0.717, 1.165) is 18.7 Å². The first-order chi connectivity index (χ1) is 5.68. The van der Waals surface area contributed by atoms with Crippen LogP contribution in [0.1, 0.15) is 13.8 Å². The molecule has 1 amide bonds. The Labute approximate surface area is 71.8 Å². The van der Waals surface area contributed by atoms with Crippen molar-refractivity contribution in [3.63, 3.8) is 0 Å². The zero-order valence-electron chi connectivity index (χ0n) is 7.35. The molecule has 1 aliphatic rings. The fraction of sp³-hybridized carbons (Fsp3) is 0.500. The molecule has 4 heteroatoms. The number of guanidine groups is 1. The lowest BCUT2D eigenvalue weighted by Gasteiger charge is -2.01. The van der Waals surface area contributed by atoms with Crippen LogP contribution in [-0.4, -0.2) is 25.0 Å². The van der Waals surface area contributed by atoms with Crippen molar-refractivity contribution in [1.82, 2.24) is 10.6 Å². The smallest absolute Gasteiger partial charge is 0.250 e. The molecule has 0 saturated heterocycles. The minimum Gasteiger partial charge on any atom is -0.354 e. The van der Waals surface area contributed by atoms with Gasteiger partial charge in [-0.1, -0.05) is 5.57 Å². The number of hydrogen-bond donors (Lipinski definition) is 2. The second-order valence-electron chi connectivity index (χ2n) is 2.87. The Hall–Kier alpha value is -1.32. The highest BCUT2D eigenvalue weighted by Crippen LogP contribution is 1.88. The van der Waals surface area contributed by atoms with Gasteiger partial charge in [0, 0.05) is 12.6 Å². The predicted molar refractivity (Wildman–Crippen MR) is 47.9 cm³/mol. The Kier molecular flexibility index (Phi) is 2.85. The van der Waals surface area contributed by atoms with E-state index in [1.54, 1.807) is 6.08 Å². The van der Waals surface area contributed by atoms with Crippen LogP contribution in [0.5, 0.6) is 0 Å². The molecule has 0 aliphatic carbocycles. The molecule has 66 valence electrons. The first-order valence-electron chi connectivity index (χ1n) is 3.92. The second-order valence-corrected chi connectivity index (χ2v) is 2.87. The maximum atomic E-state index is 11.1. The largest absolute Gasteiger partial charge is 0.354 e. The highest BCUT2D eigenvalue weighted by atomic mass is 16.1. The zero-order valence-corrected chi connectivity index (χ0v) is 7.35. The van der Waals surface area contributed by atoms with Crippen LogP contribution >= 0.6 is 0 Å². The number of aliphatic imine (C=N–C) groups is 1. The van der Waals surface area contributed by atoms with Gasteiger partial charge in [0.2, 0.25) is 0 Å². The van der Waals surface area contributed by atoms with Gasteiger partial charge in [0.15, 0.2) is 5.96 Å². The van der Waals surface area contributed by atoms with Gasteiger partial charge < -0.3 is 5.32 Å². The molecule has 0 radical (unpaired) electrons. The summed E-state index contributed by atoms with van der Waals surface area (Å²) >= 11 is 0. The Balaban J connectivity index is 2.41. The summed E-state index contributed by atoms with van der Waals surface area (Å²) in [7, 11) is 0. The fourth-order valence-corrected chi connectivity index (χ4v) is 0.897. The van der Waals surface area contributed by atoms with E-state index in [-0.39, 0.29) is 5.91 Å². The van der Waals surface area contributed by atoms with Crippen LogP contribution in [0.4, 0.5) is 0 Å².